The zero-order chi connectivity index (χ0) is 37.7. The zero-order valence-electron chi connectivity index (χ0n) is 30.8. The van der Waals surface area contributed by atoms with Crippen molar-refractivity contribution in [2.45, 2.75) is 0 Å². The van der Waals surface area contributed by atoms with Gasteiger partial charge in [-0.05, 0) is 58.7 Å². The van der Waals surface area contributed by atoms with Crippen molar-refractivity contribution in [3.8, 4) is 67.4 Å². The summed E-state index contributed by atoms with van der Waals surface area (Å²) in [6.45, 7) is 0. The Kier molecular flexibility index (Phi) is 7.78. The van der Waals surface area contributed by atoms with Gasteiger partial charge in [0, 0.05) is 49.2 Å². The smallest absolute Gasteiger partial charge is 0.160 e. The van der Waals surface area contributed by atoms with Crippen LogP contribution in [0.5, 0.6) is 0 Å². The van der Waals surface area contributed by atoms with E-state index in [9.17, 15) is 0 Å². The highest BCUT2D eigenvalue weighted by atomic mass is 16.3. The topological polar surface area (TPSA) is 51.8 Å². The van der Waals surface area contributed by atoms with Gasteiger partial charge in [0.15, 0.2) is 5.82 Å². The van der Waals surface area contributed by atoms with Crippen LogP contribution in [0.4, 0.5) is 0 Å². The van der Waals surface area contributed by atoms with Gasteiger partial charge in [0.25, 0.3) is 0 Å². The van der Waals surface area contributed by atoms with E-state index in [1.165, 1.54) is 0 Å². The minimum Gasteiger partial charge on any atom is -0.456 e. The quantitative estimate of drug-likeness (QED) is 0.160. The van der Waals surface area contributed by atoms with Gasteiger partial charge in [0.05, 0.1) is 22.6 Å². The second-order valence-electron chi connectivity index (χ2n) is 14.4. The van der Waals surface area contributed by atoms with Crippen LogP contribution in [0, 0.1) is 0 Å². The first-order chi connectivity index (χ1) is 28.2. The number of rotatable bonds is 6. The van der Waals surface area contributed by atoms with Gasteiger partial charge >= 0.3 is 0 Å². The van der Waals surface area contributed by atoms with Crippen LogP contribution in [0.15, 0.2) is 205 Å². The van der Waals surface area contributed by atoms with Crippen molar-refractivity contribution in [1.82, 2.24) is 15.0 Å². The Morgan fingerprint density at radius 3 is 1.60 bits per heavy atom. The van der Waals surface area contributed by atoms with Crippen LogP contribution in [0.1, 0.15) is 0 Å². The normalized spacial score (nSPS) is 11.5. The fourth-order valence-corrected chi connectivity index (χ4v) is 8.09. The summed E-state index contributed by atoms with van der Waals surface area (Å²) < 4.78 is 6.35. The third-order valence-electron chi connectivity index (χ3n) is 10.9. The standard InChI is InChI=1S/C53H33N3O/c1-4-13-34(14-5-1)39-19-12-20-41(31-39)53-55-45(36-15-6-2-7-16-36)33-46(56-53)37-25-23-35(24-26-37)40-27-28-42-47(32-40)54-52(38-17-8-3-9-18-38)44-29-30-49-51(50(42)44)43-21-10-11-22-48(43)57-49/h1-33H. The summed E-state index contributed by atoms with van der Waals surface area (Å²) in [6.07, 6.45) is 0. The van der Waals surface area contributed by atoms with Gasteiger partial charge in [-0.3, -0.25) is 0 Å². The fraction of sp³-hybridized carbons (Fsp3) is 0. The molecule has 0 bridgehead atoms. The van der Waals surface area contributed by atoms with Crippen LogP contribution in [0.3, 0.4) is 0 Å². The van der Waals surface area contributed by atoms with Gasteiger partial charge in [0.2, 0.25) is 0 Å². The molecule has 11 rings (SSSR count). The SMILES string of the molecule is c1ccc(-c2cccc(-c3nc(-c4ccccc4)cc(-c4ccc(-c5ccc6c(c5)nc(-c5ccccc5)c5ccc7oc8ccccc8c7c56)cc4)n3)c2)cc1. The summed E-state index contributed by atoms with van der Waals surface area (Å²) in [5.41, 5.74) is 14.0. The highest BCUT2D eigenvalue weighted by Crippen LogP contribution is 2.42. The predicted octanol–water partition coefficient (Wildman–Crippen LogP) is 14.1. The molecule has 0 fully saturated rings. The van der Waals surface area contributed by atoms with Crippen LogP contribution >= 0.6 is 0 Å². The second kappa shape index (κ2) is 13.6. The van der Waals surface area contributed by atoms with Crippen molar-refractivity contribution in [3.05, 3.63) is 200 Å². The first kappa shape index (κ1) is 32.7. The fourth-order valence-electron chi connectivity index (χ4n) is 8.09. The molecule has 0 saturated carbocycles. The molecule has 0 atom stereocenters. The second-order valence-corrected chi connectivity index (χ2v) is 14.4. The lowest BCUT2D eigenvalue weighted by Gasteiger charge is -2.13. The molecule has 3 aromatic heterocycles. The number of nitrogens with zero attached hydrogens (tertiary/aromatic N) is 3. The van der Waals surface area contributed by atoms with E-state index in [2.05, 4.69) is 158 Å². The van der Waals surface area contributed by atoms with Gasteiger partial charge in [0.1, 0.15) is 11.2 Å². The van der Waals surface area contributed by atoms with E-state index in [0.717, 1.165) is 105 Å². The molecule has 0 aliphatic rings. The maximum Gasteiger partial charge on any atom is 0.160 e. The number of fused-ring (bicyclic) bond motifs is 7. The molecule has 0 aliphatic heterocycles. The number of hydrogen-bond acceptors (Lipinski definition) is 4. The largest absolute Gasteiger partial charge is 0.456 e. The highest BCUT2D eigenvalue weighted by molar-refractivity contribution is 6.28. The molecule has 4 heteroatoms. The van der Waals surface area contributed by atoms with Crippen LogP contribution in [-0.4, -0.2) is 15.0 Å². The Bertz CT molecular complexity index is 3260. The molecule has 0 saturated heterocycles. The van der Waals surface area contributed by atoms with Crippen LogP contribution in [0.2, 0.25) is 0 Å². The molecular formula is C53H33N3O. The summed E-state index contributed by atoms with van der Waals surface area (Å²) >= 11 is 0. The summed E-state index contributed by atoms with van der Waals surface area (Å²) in [5.74, 6) is 0.690. The van der Waals surface area contributed by atoms with E-state index in [4.69, 9.17) is 19.4 Å². The van der Waals surface area contributed by atoms with E-state index in [1.807, 2.05) is 42.5 Å². The van der Waals surface area contributed by atoms with Gasteiger partial charge in [-0.1, -0.05) is 164 Å². The van der Waals surface area contributed by atoms with Crippen LogP contribution in [-0.2, 0) is 0 Å². The van der Waals surface area contributed by atoms with E-state index >= 15 is 0 Å². The number of para-hydroxylation sites is 1. The molecule has 0 aliphatic carbocycles. The molecule has 3 heterocycles. The first-order valence-electron chi connectivity index (χ1n) is 19.2. The zero-order valence-corrected chi connectivity index (χ0v) is 30.8. The van der Waals surface area contributed by atoms with Crippen LogP contribution in [0.25, 0.3) is 111 Å². The maximum atomic E-state index is 6.35. The van der Waals surface area contributed by atoms with Crippen molar-refractivity contribution in [2.75, 3.05) is 0 Å². The molecule has 4 nitrogen and oxygen atoms in total. The van der Waals surface area contributed by atoms with Crippen molar-refractivity contribution >= 4 is 43.6 Å². The molecule has 0 amide bonds. The Labute approximate surface area is 329 Å². The van der Waals surface area contributed by atoms with E-state index in [-0.39, 0.29) is 0 Å². The molecule has 8 aromatic carbocycles. The van der Waals surface area contributed by atoms with Gasteiger partial charge in [-0.25, -0.2) is 15.0 Å². The monoisotopic (exact) mass is 727 g/mol. The highest BCUT2D eigenvalue weighted by Gasteiger charge is 2.18. The maximum absolute atomic E-state index is 6.35. The summed E-state index contributed by atoms with van der Waals surface area (Å²) in [7, 11) is 0. The molecular weight excluding hydrogens is 695 g/mol. The summed E-state index contributed by atoms with van der Waals surface area (Å²) in [6, 6.07) is 69.6. The summed E-state index contributed by atoms with van der Waals surface area (Å²) in [4.78, 5) is 15.6. The molecule has 0 spiro atoms. The van der Waals surface area contributed by atoms with Crippen molar-refractivity contribution in [3.63, 3.8) is 0 Å². The van der Waals surface area contributed by atoms with Crippen molar-refractivity contribution < 1.29 is 4.42 Å². The number of aromatic nitrogens is 3. The molecule has 11 aromatic rings. The third kappa shape index (κ3) is 5.83. The number of benzene rings is 8. The average molecular weight is 728 g/mol. The van der Waals surface area contributed by atoms with Crippen molar-refractivity contribution in [2.24, 2.45) is 0 Å². The Morgan fingerprint density at radius 2 is 0.842 bits per heavy atom. The van der Waals surface area contributed by atoms with E-state index in [1.54, 1.807) is 0 Å². The average Bonchev–Trinajstić information content (AvgIpc) is 3.68. The van der Waals surface area contributed by atoms with Gasteiger partial charge in [-0.15, -0.1) is 0 Å². The molecule has 57 heavy (non-hydrogen) atoms. The number of furan rings is 1. The lowest BCUT2D eigenvalue weighted by molar-refractivity contribution is 0.669. The third-order valence-corrected chi connectivity index (χ3v) is 10.9. The minimum absolute atomic E-state index is 0.690. The summed E-state index contributed by atoms with van der Waals surface area (Å²) in [5, 5.41) is 5.59. The molecule has 266 valence electrons. The Morgan fingerprint density at radius 1 is 0.298 bits per heavy atom. The predicted molar refractivity (Wildman–Crippen MR) is 235 cm³/mol. The lowest BCUT2D eigenvalue weighted by atomic mass is 9.94. The number of pyridine rings is 1. The first-order valence-corrected chi connectivity index (χ1v) is 19.2. The molecule has 0 radical (unpaired) electrons. The van der Waals surface area contributed by atoms with Crippen molar-refractivity contribution in [1.29, 1.82) is 0 Å². The van der Waals surface area contributed by atoms with E-state index in [0.29, 0.717) is 5.82 Å². The minimum atomic E-state index is 0.690. The Balaban J connectivity index is 1.03. The van der Waals surface area contributed by atoms with Gasteiger partial charge < -0.3 is 4.42 Å². The van der Waals surface area contributed by atoms with Gasteiger partial charge in [-0.2, -0.15) is 0 Å². The molecule has 0 unspecified atom stereocenters. The molecule has 0 N–H and O–H groups in total. The lowest BCUT2D eigenvalue weighted by Crippen LogP contribution is -1.96. The Hall–Kier alpha value is -7.69. The van der Waals surface area contributed by atoms with Crippen LogP contribution < -0.4 is 0 Å². The number of hydrogen-bond donors (Lipinski definition) is 0. The van der Waals surface area contributed by atoms with E-state index < -0.39 is 0 Å².